The highest BCUT2D eigenvalue weighted by molar-refractivity contribution is 4.92. The normalized spacial score (nSPS) is 14.2. The summed E-state index contributed by atoms with van der Waals surface area (Å²) in [6, 6.07) is 0. The first-order valence-electron chi connectivity index (χ1n) is 6.77. The number of hydrogen-bond acceptors (Lipinski definition) is 1. The van der Waals surface area contributed by atoms with E-state index in [1.807, 2.05) is 0 Å². The molecular formula is C15H33N. The van der Waals surface area contributed by atoms with E-state index in [-0.39, 0.29) is 5.54 Å². The molecule has 1 N–H and O–H groups in total. The maximum absolute atomic E-state index is 3.74. The highest BCUT2D eigenvalue weighted by atomic mass is 15.0. The molecule has 0 aliphatic rings. The first-order valence-corrected chi connectivity index (χ1v) is 6.77. The van der Waals surface area contributed by atoms with Crippen molar-refractivity contribution in [2.24, 2.45) is 10.8 Å². The lowest BCUT2D eigenvalue weighted by molar-refractivity contribution is 0.135. The zero-order valence-corrected chi connectivity index (χ0v) is 12.8. The second-order valence-corrected chi connectivity index (χ2v) is 7.50. The first-order chi connectivity index (χ1) is 7.02. The Bertz CT molecular complexity index is 196. The summed E-state index contributed by atoms with van der Waals surface area (Å²) in [5, 5.41) is 3.74. The average Bonchev–Trinajstić information content (AvgIpc) is 2.00. The topological polar surface area (TPSA) is 12.0 Å². The van der Waals surface area contributed by atoms with E-state index in [4.69, 9.17) is 0 Å². The van der Waals surface area contributed by atoms with Gasteiger partial charge in [0, 0.05) is 5.54 Å². The van der Waals surface area contributed by atoms with Crippen LogP contribution < -0.4 is 5.32 Å². The van der Waals surface area contributed by atoms with Gasteiger partial charge in [0.15, 0.2) is 0 Å². The zero-order chi connectivity index (χ0) is 13.0. The lowest BCUT2D eigenvalue weighted by Crippen LogP contribution is -2.52. The predicted octanol–water partition coefficient (Wildman–Crippen LogP) is 4.62. The molecule has 0 amide bonds. The molecule has 1 heteroatoms. The Morgan fingerprint density at radius 1 is 0.812 bits per heavy atom. The summed E-state index contributed by atoms with van der Waals surface area (Å²) in [6.45, 7) is 19.7. The fourth-order valence-electron chi connectivity index (χ4n) is 1.93. The first kappa shape index (κ1) is 16.0. The molecule has 0 aromatic carbocycles. The maximum atomic E-state index is 3.74. The van der Waals surface area contributed by atoms with Gasteiger partial charge in [-0.25, -0.2) is 0 Å². The molecule has 0 atom stereocenters. The molecule has 0 heterocycles. The highest BCUT2D eigenvalue weighted by Gasteiger charge is 2.35. The summed E-state index contributed by atoms with van der Waals surface area (Å²) in [4.78, 5) is 0. The van der Waals surface area contributed by atoms with E-state index in [1.165, 1.54) is 19.3 Å². The lowest BCUT2D eigenvalue weighted by atomic mass is 9.71. The van der Waals surface area contributed by atoms with Gasteiger partial charge >= 0.3 is 0 Å². The summed E-state index contributed by atoms with van der Waals surface area (Å²) in [5.74, 6) is 0. The molecule has 98 valence electrons. The van der Waals surface area contributed by atoms with Crippen molar-refractivity contribution in [3.05, 3.63) is 0 Å². The van der Waals surface area contributed by atoms with Gasteiger partial charge in [0.25, 0.3) is 0 Å². The Morgan fingerprint density at radius 2 is 1.31 bits per heavy atom. The standard InChI is InChI=1S/C15H33N/c1-9-10-14(5,6)15(7,8)16-12-11-13(2,3)4/h16H,9-12H2,1-8H3. The van der Waals surface area contributed by atoms with Crippen molar-refractivity contribution in [3.8, 4) is 0 Å². The molecule has 0 saturated heterocycles. The fraction of sp³-hybridized carbons (Fsp3) is 1.00. The fourth-order valence-corrected chi connectivity index (χ4v) is 1.93. The molecule has 0 aliphatic heterocycles. The van der Waals surface area contributed by atoms with E-state index in [0.717, 1.165) is 6.54 Å². The Hall–Kier alpha value is -0.0400. The van der Waals surface area contributed by atoms with Crippen LogP contribution >= 0.6 is 0 Å². The molecule has 16 heavy (non-hydrogen) atoms. The van der Waals surface area contributed by atoms with Gasteiger partial charge in [-0.15, -0.1) is 0 Å². The van der Waals surface area contributed by atoms with Crippen LogP contribution in [0.25, 0.3) is 0 Å². The maximum Gasteiger partial charge on any atom is 0.0176 e. The predicted molar refractivity (Wildman–Crippen MR) is 74.8 cm³/mol. The molecule has 0 fully saturated rings. The van der Waals surface area contributed by atoms with Gasteiger partial charge in [0.05, 0.1) is 0 Å². The highest BCUT2D eigenvalue weighted by Crippen LogP contribution is 2.35. The zero-order valence-electron chi connectivity index (χ0n) is 12.8. The van der Waals surface area contributed by atoms with Crippen LogP contribution in [0, 0.1) is 10.8 Å². The Kier molecular flexibility index (Phi) is 5.52. The molecule has 0 unspecified atom stereocenters. The number of rotatable bonds is 6. The lowest BCUT2D eigenvalue weighted by Gasteiger charge is -2.43. The minimum absolute atomic E-state index is 0.217. The summed E-state index contributed by atoms with van der Waals surface area (Å²) >= 11 is 0. The van der Waals surface area contributed by atoms with Crippen molar-refractivity contribution in [2.75, 3.05) is 6.54 Å². The van der Waals surface area contributed by atoms with Gasteiger partial charge in [-0.2, -0.15) is 0 Å². The second-order valence-electron chi connectivity index (χ2n) is 7.50. The Balaban J connectivity index is 4.24. The van der Waals surface area contributed by atoms with Crippen LogP contribution in [0.4, 0.5) is 0 Å². The third-order valence-corrected chi connectivity index (χ3v) is 4.01. The van der Waals surface area contributed by atoms with Crippen LogP contribution in [0.2, 0.25) is 0 Å². The molecule has 0 radical (unpaired) electrons. The number of hydrogen-bond donors (Lipinski definition) is 1. The summed E-state index contributed by atoms with van der Waals surface area (Å²) < 4.78 is 0. The van der Waals surface area contributed by atoms with E-state index < -0.39 is 0 Å². The molecule has 0 aliphatic carbocycles. The summed E-state index contributed by atoms with van der Waals surface area (Å²) in [5.41, 5.74) is 1.01. The van der Waals surface area contributed by atoms with Crippen molar-refractivity contribution in [1.82, 2.24) is 5.32 Å². The summed E-state index contributed by atoms with van der Waals surface area (Å²) in [7, 11) is 0. The average molecular weight is 227 g/mol. The van der Waals surface area contributed by atoms with Crippen LogP contribution in [0.5, 0.6) is 0 Å². The van der Waals surface area contributed by atoms with Crippen molar-refractivity contribution in [2.45, 2.75) is 80.2 Å². The largest absolute Gasteiger partial charge is 0.311 e. The summed E-state index contributed by atoms with van der Waals surface area (Å²) in [6.07, 6.45) is 3.78. The van der Waals surface area contributed by atoms with E-state index in [0.29, 0.717) is 10.8 Å². The van der Waals surface area contributed by atoms with Gasteiger partial charge in [-0.05, 0) is 44.1 Å². The second kappa shape index (κ2) is 5.53. The van der Waals surface area contributed by atoms with Crippen molar-refractivity contribution >= 4 is 0 Å². The molecule has 0 aromatic heterocycles. The van der Waals surface area contributed by atoms with E-state index in [1.54, 1.807) is 0 Å². The third-order valence-electron chi connectivity index (χ3n) is 4.01. The van der Waals surface area contributed by atoms with Crippen LogP contribution in [-0.4, -0.2) is 12.1 Å². The van der Waals surface area contributed by atoms with Crippen molar-refractivity contribution in [3.63, 3.8) is 0 Å². The van der Waals surface area contributed by atoms with Gasteiger partial charge in [-0.3, -0.25) is 0 Å². The molecule has 0 saturated carbocycles. The van der Waals surface area contributed by atoms with Gasteiger partial charge in [-0.1, -0.05) is 48.0 Å². The minimum atomic E-state index is 0.217. The van der Waals surface area contributed by atoms with Crippen molar-refractivity contribution in [1.29, 1.82) is 0 Å². The molecule has 0 spiro atoms. The van der Waals surface area contributed by atoms with Gasteiger partial charge in [0.2, 0.25) is 0 Å². The minimum Gasteiger partial charge on any atom is -0.311 e. The van der Waals surface area contributed by atoms with Gasteiger partial charge in [0.1, 0.15) is 0 Å². The molecule has 1 nitrogen and oxygen atoms in total. The Morgan fingerprint density at radius 3 is 1.69 bits per heavy atom. The third kappa shape index (κ3) is 5.34. The molecular weight excluding hydrogens is 194 g/mol. The molecule has 0 aromatic rings. The monoisotopic (exact) mass is 227 g/mol. The molecule has 0 bridgehead atoms. The molecule has 0 rings (SSSR count). The number of nitrogens with one attached hydrogen (secondary N) is 1. The van der Waals surface area contributed by atoms with Gasteiger partial charge < -0.3 is 5.32 Å². The van der Waals surface area contributed by atoms with Crippen LogP contribution in [-0.2, 0) is 0 Å². The van der Waals surface area contributed by atoms with Crippen LogP contribution in [0.3, 0.4) is 0 Å². The van der Waals surface area contributed by atoms with E-state index in [9.17, 15) is 0 Å². The van der Waals surface area contributed by atoms with E-state index >= 15 is 0 Å². The van der Waals surface area contributed by atoms with Crippen LogP contribution in [0.1, 0.15) is 74.7 Å². The van der Waals surface area contributed by atoms with Crippen molar-refractivity contribution < 1.29 is 0 Å². The Labute approximate surface area is 103 Å². The SMILES string of the molecule is CCCC(C)(C)C(C)(C)NCCC(C)(C)C. The van der Waals surface area contributed by atoms with Crippen LogP contribution in [0.15, 0.2) is 0 Å². The van der Waals surface area contributed by atoms with E-state index in [2.05, 4.69) is 60.7 Å². The quantitative estimate of drug-likeness (QED) is 0.698. The smallest absolute Gasteiger partial charge is 0.0176 e.